The third-order valence-electron chi connectivity index (χ3n) is 2.66. The van der Waals surface area contributed by atoms with Gasteiger partial charge in [-0.3, -0.25) is 9.78 Å². The number of carbonyl (C=O) groups is 1. The number of hydrogen-bond donors (Lipinski definition) is 1. The van der Waals surface area contributed by atoms with Gasteiger partial charge >= 0.3 is 6.18 Å². The van der Waals surface area contributed by atoms with Gasteiger partial charge in [-0.25, -0.2) is 0 Å². The lowest BCUT2D eigenvalue weighted by molar-refractivity contribution is -0.155. The summed E-state index contributed by atoms with van der Waals surface area (Å²) < 4.78 is 39.2. The lowest BCUT2D eigenvalue weighted by atomic mass is 10.1. The molecule has 2 rings (SSSR count). The van der Waals surface area contributed by atoms with Crippen LogP contribution in [0.25, 0.3) is 0 Å². The van der Waals surface area contributed by atoms with Gasteiger partial charge in [0.15, 0.2) is 6.04 Å². The molecule has 0 aliphatic rings. The van der Waals surface area contributed by atoms with E-state index in [4.69, 9.17) is 0 Å². The Hall–Kier alpha value is -2.37. The van der Waals surface area contributed by atoms with Gasteiger partial charge in [0.25, 0.3) is 5.91 Å². The highest BCUT2D eigenvalue weighted by Crippen LogP contribution is 2.32. The van der Waals surface area contributed by atoms with Crippen LogP contribution in [0.1, 0.15) is 22.0 Å². The minimum absolute atomic E-state index is 0.0164. The number of alkyl halides is 3. The Morgan fingerprint density at radius 2 is 1.80 bits per heavy atom. The summed E-state index contributed by atoms with van der Waals surface area (Å²) in [5.41, 5.74) is 0.0647. The lowest BCUT2D eigenvalue weighted by Gasteiger charge is -2.22. The molecule has 0 aliphatic heterocycles. The molecule has 0 aliphatic carbocycles. The fourth-order valence-corrected chi connectivity index (χ4v) is 1.71. The summed E-state index contributed by atoms with van der Waals surface area (Å²) in [4.78, 5) is 15.5. The van der Waals surface area contributed by atoms with Crippen LogP contribution in [0.2, 0.25) is 0 Å². The van der Waals surface area contributed by atoms with Crippen molar-refractivity contribution in [2.75, 3.05) is 0 Å². The Balaban J connectivity index is 2.24. The molecular formula is C14H11F3N2O. The quantitative estimate of drug-likeness (QED) is 0.938. The van der Waals surface area contributed by atoms with E-state index in [1.54, 1.807) is 6.07 Å². The van der Waals surface area contributed by atoms with Crippen LogP contribution in [0.3, 0.4) is 0 Å². The highest BCUT2D eigenvalue weighted by molar-refractivity contribution is 5.94. The number of nitrogens with one attached hydrogen (secondary N) is 1. The molecule has 2 aromatic rings. The van der Waals surface area contributed by atoms with Gasteiger partial charge in [-0.2, -0.15) is 13.2 Å². The molecule has 1 amide bonds. The summed E-state index contributed by atoms with van der Waals surface area (Å²) in [6.45, 7) is 0. The van der Waals surface area contributed by atoms with Crippen LogP contribution in [0.15, 0.2) is 54.9 Å². The average Bonchev–Trinajstić information content (AvgIpc) is 2.45. The summed E-state index contributed by atoms with van der Waals surface area (Å²) in [7, 11) is 0. The molecule has 0 bridgehead atoms. The summed E-state index contributed by atoms with van der Waals surface area (Å²) in [6, 6.07) is 8.08. The van der Waals surface area contributed by atoms with Crippen molar-refractivity contribution in [3.05, 3.63) is 66.0 Å². The number of nitrogens with zero attached hydrogens (tertiary/aromatic N) is 1. The molecule has 1 unspecified atom stereocenters. The number of pyridine rings is 1. The average molecular weight is 280 g/mol. The molecular weight excluding hydrogens is 269 g/mol. The van der Waals surface area contributed by atoms with Gasteiger partial charge < -0.3 is 5.32 Å². The molecule has 3 nitrogen and oxygen atoms in total. The highest BCUT2D eigenvalue weighted by atomic mass is 19.4. The van der Waals surface area contributed by atoms with Gasteiger partial charge in [-0.15, -0.1) is 0 Å². The third kappa shape index (κ3) is 3.34. The predicted molar refractivity (Wildman–Crippen MR) is 66.9 cm³/mol. The van der Waals surface area contributed by atoms with Crippen LogP contribution >= 0.6 is 0 Å². The molecule has 1 aromatic heterocycles. The molecule has 6 heteroatoms. The van der Waals surface area contributed by atoms with Crippen molar-refractivity contribution >= 4 is 5.91 Å². The first-order valence-electron chi connectivity index (χ1n) is 5.81. The normalized spacial score (nSPS) is 12.8. The van der Waals surface area contributed by atoms with E-state index in [9.17, 15) is 18.0 Å². The summed E-state index contributed by atoms with van der Waals surface area (Å²) >= 11 is 0. The van der Waals surface area contributed by atoms with E-state index >= 15 is 0 Å². The molecule has 104 valence electrons. The van der Waals surface area contributed by atoms with Crippen molar-refractivity contribution in [3.63, 3.8) is 0 Å². The first-order chi connectivity index (χ1) is 9.48. The predicted octanol–water partition coefficient (Wildman–Crippen LogP) is 3.12. The van der Waals surface area contributed by atoms with E-state index in [1.807, 2.05) is 5.32 Å². The topological polar surface area (TPSA) is 42.0 Å². The number of amides is 1. The molecule has 0 saturated heterocycles. The SMILES string of the molecule is O=C(NC(c1ccccc1)C(F)(F)F)c1cccnc1. The second kappa shape index (κ2) is 5.73. The molecule has 0 saturated carbocycles. The van der Waals surface area contributed by atoms with Crippen LogP contribution in [-0.4, -0.2) is 17.1 Å². The van der Waals surface area contributed by atoms with Gasteiger partial charge in [0.2, 0.25) is 0 Å². The van der Waals surface area contributed by atoms with Crippen molar-refractivity contribution in [3.8, 4) is 0 Å². The molecule has 1 N–H and O–H groups in total. The molecule has 1 heterocycles. The van der Waals surface area contributed by atoms with Gasteiger partial charge in [0.1, 0.15) is 0 Å². The fourth-order valence-electron chi connectivity index (χ4n) is 1.71. The standard InChI is InChI=1S/C14H11F3N2O/c15-14(16,17)12(10-5-2-1-3-6-10)19-13(20)11-7-4-8-18-9-11/h1-9,12H,(H,19,20). The summed E-state index contributed by atoms with van der Waals surface area (Å²) in [6.07, 6.45) is -1.91. The minimum Gasteiger partial charge on any atom is -0.337 e. The van der Waals surface area contributed by atoms with Crippen molar-refractivity contribution in [2.45, 2.75) is 12.2 Å². The molecule has 0 radical (unpaired) electrons. The second-order valence-corrected chi connectivity index (χ2v) is 4.10. The molecule has 1 aromatic carbocycles. The Morgan fingerprint density at radius 3 is 2.35 bits per heavy atom. The molecule has 20 heavy (non-hydrogen) atoms. The molecule has 0 spiro atoms. The third-order valence-corrected chi connectivity index (χ3v) is 2.66. The van der Waals surface area contributed by atoms with E-state index in [0.717, 1.165) is 0 Å². The Labute approximate surface area is 113 Å². The van der Waals surface area contributed by atoms with E-state index in [1.165, 1.54) is 48.8 Å². The number of rotatable bonds is 3. The Kier molecular flexibility index (Phi) is 4.02. The molecule has 0 fully saturated rings. The minimum atomic E-state index is -4.57. The van der Waals surface area contributed by atoms with Gasteiger partial charge in [0.05, 0.1) is 5.56 Å². The maximum Gasteiger partial charge on any atom is 0.412 e. The first kappa shape index (κ1) is 14.0. The number of benzene rings is 1. The highest BCUT2D eigenvalue weighted by Gasteiger charge is 2.41. The first-order valence-corrected chi connectivity index (χ1v) is 5.81. The number of hydrogen-bond acceptors (Lipinski definition) is 2. The second-order valence-electron chi connectivity index (χ2n) is 4.10. The maximum atomic E-state index is 13.1. The Morgan fingerprint density at radius 1 is 1.10 bits per heavy atom. The van der Waals surface area contributed by atoms with Crippen LogP contribution < -0.4 is 5.32 Å². The largest absolute Gasteiger partial charge is 0.412 e. The maximum absolute atomic E-state index is 13.1. The smallest absolute Gasteiger partial charge is 0.337 e. The monoisotopic (exact) mass is 280 g/mol. The number of aromatic nitrogens is 1. The number of halogens is 3. The van der Waals surface area contributed by atoms with E-state index in [2.05, 4.69) is 4.98 Å². The summed E-state index contributed by atoms with van der Waals surface area (Å²) in [5, 5.41) is 1.99. The zero-order valence-electron chi connectivity index (χ0n) is 10.3. The van der Waals surface area contributed by atoms with E-state index in [0.29, 0.717) is 0 Å². The van der Waals surface area contributed by atoms with Crippen molar-refractivity contribution < 1.29 is 18.0 Å². The van der Waals surface area contributed by atoms with Crippen molar-refractivity contribution in [2.24, 2.45) is 0 Å². The lowest BCUT2D eigenvalue weighted by Crippen LogP contribution is -2.38. The van der Waals surface area contributed by atoms with Gasteiger partial charge in [0, 0.05) is 12.4 Å². The zero-order valence-corrected chi connectivity index (χ0v) is 10.3. The zero-order chi connectivity index (χ0) is 14.6. The van der Waals surface area contributed by atoms with Crippen molar-refractivity contribution in [1.29, 1.82) is 0 Å². The van der Waals surface area contributed by atoms with Gasteiger partial charge in [-0.1, -0.05) is 30.3 Å². The Bertz CT molecular complexity index is 570. The molecule has 1 atom stereocenters. The van der Waals surface area contributed by atoms with E-state index < -0.39 is 18.1 Å². The van der Waals surface area contributed by atoms with Crippen molar-refractivity contribution in [1.82, 2.24) is 10.3 Å². The van der Waals surface area contributed by atoms with E-state index in [-0.39, 0.29) is 11.1 Å². The number of carbonyl (C=O) groups excluding carboxylic acids is 1. The summed E-state index contributed by atoms with van der Waals surface area (Å²) in [5.74, 6) is -0.815. The van der Waals surface area contributed by atoms with Crippen LogP contribution in [0, 0.1) is 0 Å². The van der Waals surface area contributed by atoms with Gasteiger partial charge in [-0.05, 0) is 17.7 Å². The van der Waals surface area contributed by atoms with Crippen LogP contribution in [0.5, 0.6) is 0 Å². The fraction of sp³-hybridized carbons (Fsp3) is 0.143. The van der Waals surface area contributed by atoms with Crippen LogP contribution in [0.4, 0.5) is 13.2 Å². The van der Waals surface area contributed by atoms with Crippen LogP contribution in [-0.2, 0) is 0 Å².